The van der Waals surface area contributed by atoms with Crippen molar-refractivity contribution in [1.29, 1.82) is 0 Å². The fourth-order valence-electron chi connectivity index (χ4n) is 3.95. The Kier molecular flexibility index (Phi) is 3.21. The summed E-state index contributed by atoms with van der Waals surface area (Å²) < 4.78 is 0. The molecular weight excluding hydrogens is 264 g/mol. The number of hydrogen-bond donors (Lipinski definition) is 2. The summed E-state index contributed by atoms with van der Waals surface area (Å²) in [5.41, 5.74) is 6.98. The standard InChI is InChI=1S/C16H22N4O/c17-16(21)15-8-18-7-12-9-19(10-20(12)15)14-6-13(14)11-4-2-1-3-5-11/h1-5,12-15,18H,6-10H2,(H2,17,21)/t12?,13-,14+,15?/m1/s1. The molecule has 3 fully saturated rings. The Labute approximate surface area is 125 Å². The molecule has 0 spiro atoms. The van der Waals surface area contributed by atoms with Crippen molar-refractivity contribution >= 4 is 5.91 Å². The van der Waals surface area contributed by atoms with Crippen molar-refractivity contribution in [2.24, 2.45) is 5.73 Å². The van der Waals surface area contributed by atoms with E-state index in [-0.39, 0.29) is 11.9 Å². The van der Waals surface area contributed by atoms with Crippen molar-refractivity contribution in [3.8, 4) is 0 Å². The number of rotatable bonds is 3. The molecule has 5 heteroatoms. The van der Waals surface area contributed by atoms with Crippen LogP contribution in [0, 0.1) is 0 Å². The van der Waals surface area contributed by atoms with Crippen molar-refractivity contribution in [3.63, 3.8) is 0 Å². The van der Waals surface area contributed by atoms with E-state index in [2.05, 4.69) is 45.4 Å². The van der Waals surface area contributed by atoms with Crippen molar-refractivity contribution < 1.29 is 4.79 Å². The van der Waals surface area contributed by atoms with E-state index >= 15 is 0 Å². The zero-order chi connectivity index (χ0) is 14.4. The van der Waals surface area contributed by atoms with Gasteiger partial charge in [-0.15, -0.1) is 0 Å². The Hall–Kier alpha value is -1.43. The van der Waals surface area contributed by atoms with E-state index < -0.39 is 0 Å². The Morgan fingerprint density at radius 2 is 2.05 bits per heavy atom. The minimum atomic E-state index is -0.204. The third kappa shape index (κ3) is 2.35. The maximum absolute atomic E-state index is 11.6. The van der Waals surface area contributed by atoms with Crippen LogP contribution >= 0.6 is 0 Å². The summed E-state index contributed by atoms with van der Waals surface area (Å²) in [7, 11) is 0. The number of nitrogens with zero attached hydrogens (tertiary/aromatic N) is 2. The first-order valence-electron chi connectivity index (χ1n) is 7.79. The first kappa shape index (κ1) is 13.2. The van der Waals surface area contributed by atoms with E-state index in [1.165, 1.54) is 12.0 Å². The summed E-state index contributed by atoms with van der Waals surface area (Å²) in [5, 5.41) is 3.34. The number of carbonyl (C=O) groups is 1. The van der Waals surface area contributed by atoms with E-state index in [1.807, 2.05) is 0 Å². The third-order valence-electron chi connectivity index (χ3n) is 5.16. The summed E-state index contributed by atoms with van der Waals surface area (Å²) in [5.74, 6) is 0.456. The molecule has 4 atom stereocenters. The second kappa shape index (κ2) is 5.09. The Bertz CT molecular complexity index is 534. The predicted octanol–water partition coefficient (Wildman–Crippen LogP) is -0.0567. The van der Waals surface area contributed by atoms with Crippen LogP contribution in [0.15, 0.2) is 30.3 Å². The Balaban J connectivity index is 1.44. The maximum atomic E-state index is 11.6. The lowest BCUT2D eigenvalue weighted by atomic mass is 10.1. The van der Waals surface area contributed by atoms with Crippen molar-refractivity contribution in [3.05, 3.63) is 35.9 Å². The first-order valence-corrected chi connectivity index (χ1v) is 7.79. The molecule has 2 saturated heterocycles. The molecule has 0 bridgehead atoms. The van der Waals surface area contributed by atoms with E-state index in [0.29, 0.717) is 24.5 Å². The largest absolute Gasteiger partial charge is 0.368 e. The number of fused-ring (bicyclic) bond motifs is 1. The second-order valence-corrected chi connectivity index (χ2v) is 6.48. The molecule has 4 rings (SSSR count). The highest BCUT2D eigenvalue weighted by molar-refractivity contribution is 5.80. The summed E-state index contributed by atoms with van der Waals surface area (Å²) >= 11 is 0. The van der Waals surface area contributed by atoms with Crippen LogP contribution in [0.25, 0.3) is 0 Å². The molecule has 0 aromatic heterocycles. The average molecular weight is 286 g/mol. The van der Waals surface area contributed by atoms with Gasteiger partial charge in [0, 0.05) is 37.6 Å². The smallest absolute Gasteiger partial charge is 0.236 e. The number of carbonyl (C=O) groups excluding carboxylic acids is 1. The number of amides is 1. The van der Waals surface area contributed by atoms with Gasteiger partial charge in [0.25, 0.3) is 0 Å². The van der Waals surface area contributed by atoms with Gasteiger partial charge in [-0.2, -0.15) is 0 Å². The number of primary amides is 1. The minimum absolute atomic E-state index is 0.150. The van der Waals surface area contributed by atoms with Crippen LogP contribution in [-0.2, 0) is 4.79 Å². The average Bonchev–Trinajstić information content (AvgIpc) is 3.19. The number of benzene rings is 1. The molecule has 112 valence electrons. The number of piperazine rings is 1. The molecule has 1 saturated carbocycles. The molecule has 21 heavy (non-hydrogen) atoms. The molecule has 0 radical (unpaired) electrons. The van der Waals surface area contributed by atoms with Crippen LogP contribution in [-0.4, -0.2) is 60.1 Å². The Morgan fingerprint density at radius 3 is 2.81 bits per heavy atom. The molecule has 1 aromatic carbocycles. The SMILES string of the molecule is NC(=O)C1CNCC2CN([C@H]3C[C@@H]3c3ccccc3)CN21. The van der Waals surface area contributed by atoms with Crippen LogP contribution < -0.4 is 11.1 Å². The van der Waals surface area contributed by atoms with Gasteiger partial charge in [0.05, 0.1) is 6.67 Å². The highest BCUT2D eigenvalue weighted by Gasteiger charge is 2.49. The minimum Gasteiger partial charge on any atom is -0.368 e. The topological polar surface area (TPSA) is 61.6 Å². The van der Waals surface area contributed by atoms with Crippen molar-refractivity contribution in [1.82, 2.24) is 15.1 Å². The highest BCUT2D eigenvalue weighted by atomic mass is 16.1. The highest BCUT2D eigenvalue weighted by Crippen LogP contribution is 2.46. The van der Waals surface area contributed by atoms with Gasteiger partial charge in [-0.3, -0.25) is 14.6 Å². The molecule has 1 amide bonds. The normalized spacial score (nSPS) is 36.4. The van der Waals surface area contributed by atoms with E-state index in [0.717, 1.165) is 19.8 Å². The molecular formula is C16H22N4O. The van der Waals surface area contributed by atoms with E-state index in [4.69, 9.17) is 5.73 Å². The predicted molar refractivity (Wildman–Crippen MR) is 80.6 cm³/mol. The summed E-state index contributed by atoms with van der Waals surface area (Å²) in [6.45, 7) is 3.58. The van der Waals surface area contributed by atoms with Gasteiger partial charge in [0.15, 0.2) is 0 Å². The van der Waals surface area contributed by atoms with Gasteiger partial charge in [0.2, 0.25) is 5.91 Å². The lowest BCUT2D eigenvalue weighted by Crippen LogP contribution is -2.59. The second-order valence-electron chi connectivity index (χ2n) is 6.48. The summed E-state index contributed by atoms with van der Waals surface area (Å²) in [6.07, 6.45) is 1.24. The van der Waals surface area contributed by atoms with Crippen LogP contribution in [0.2, 0.25) is 0 Å². The van der Waals surface area contributed by atoms with Crippen LogP contribution in [0.4, 0.5) is 0 Å². The molecule has 3 aliphatic rings. The van der Waals surface area contributed by atoms with Crippen LogP contribution in [0.1, 0.15) is 17.9 Å². The fourth-order valence-corrected chi connectivity index (χ4v) is 3.95. The number of nitrogens with one attached hydrogen (secondary N) is 1. The third-order valence-corrected chi connectivity index (χ3v) is 5.16. The molecule has 1 aliphatic carbocycles. The molecule has 2 unspecified atom stereocenters. The lowest BCUT2D eigenvalue weighted by Gasteiger charge is -2.35. The number of nitrogens with two attached hydrogens (primary N) is 1. The van der Waals surface area contributed by atoms with Crippen LogP contribution in [0.3, 0.4) is 0 Å². The molecule has 1 aromatic rings. The van der Waals surface area contributed by atoms with Gasteiger partial charge in [0.1, 0.15) is 6.04 Å². The molecule has 5 nitrogen and oxygen atoms in total. The van der Waals surface area contributed by atoms with Gasteiger partial charge in [-0.25, -0.2) is 0 Å². The fraction of sp³-hybridized carbons (Fsp3) is 0.562. The van der Waals surface area contributed by atoms with Gasteiger partial charge < -0.3 is 11.1 Å². The van der Waals surface area contributed by atoms with Gasteiger partial charge in [-0.1, -0.05) is 30.3 Å². The quantitative estimate of drug-likeness (QED) is 0.817. The van der Waals surface area contributed by atoms with Gasteiger partial charge >= 0.3 is 0 Å². The molecule has 3 N–H and O–H groups in total. The number of hydrogen-bond acceptors (Lipinski definition) is 4. The maximum Gasteiger partial charge on any atom is 0.236 e. The summed E-state index contributed by atoms with van der Waals surface area (Å²) in [6, 6.07) is 11.7. The summed E-state index contributed by atoms with van der Waals surface area (Å²) in [4.78, 5) is 16.4. The zero-order valence-corrected chi connectivity index (χ0v) is 12.1. The molecule has 2 heterocycles. The first-order chi connectivity index (χ1) is 10.2. The van der Waals surface area contributed by atoms with Crippen molar-refractivity contribution in [2.75, 3.05) is 26.3 Å². The Morgan fingerprint density at radius 1 is 1.24 bits per heavy atom. The van der Waals surface area contributed by atoms with E-state index in [9.17, 15) is 4.79 Å². The lowest BCUT2D eigenvalue weighted by molar-refractivity contribution is -0.124. The van der Waals surface area contributed by atoms with Gasteiger partial charge in [-0.05, 0) is 12.0 Å². The van der Waals surface area contributed by atoms with Crippen LogP contribution in [0.5, 0.6) is 0 Å². The zero-order valence-electron chi connectivity index (χ0n) is 12.1. The van der Waals surface area contributed by atoms with Crippen molar-refractivity contribution in [2.45, 2.75) is 30.5 Å². The monoisotopic (exact) mass is 286 g/mol. The van der Waals surface area contributed by atoms with E-state index in [1.54, 1.807) is 0 Å². The molecule has 2 aliphatic heterocycles.